The zero-order valence-corrected chi connectivity index (χ0v) is 13.4. The van der Waals surface area contributed by atoms with Crippen LogP contribution in [0.3, 0.4) is 0 Å². The number of amides is 1. The molecule has 0 unspecified atom stereocenters. The van der Waals surface area contributed by atoms with Crippen LogP contribution < -0.4 is 0 Å². The molecule has 0 fully saturated rings. The van der Waals surface area contributed by atoms with Crippen molar-refractivity contribution in [2.45, 2.75) is 25.8 Å². The normalized spacial score (nSPS) is 16.0. The van der Waals surface area contributed by atoms with Crippen molar-refractivity contribution in [3.05, 3.63) is 51.5 Å². The van der Waals surface area contributed by atoms with Crippen LogP contribution in [0.15, 0.2) is 29.8 Å². The van der Waals surface area contributed by atoms with Crippen LogP contribution in [0.1, 0.15) is 21.7 Å². The number of aromatic nitrogens is 1. The lowest BCUT2D eigenvalue weighted by Gasteiger charge is -2.35. The minimum Gasteiger partial charge on any atom is -0.449 e. The average molecular weight is 338 g/mol. The number of carbonyl (C=O) groups excluding carboxylic acids is 1. The van der Waals surface area contributed by atoms with Crippen molar-refractivity contribution in [2.24, 2.45) is 0 Å². The molecule has 1 aromatic heterocycles. The Morgan fingerprint density at radius 3 is 2.96 bits per heavy atom. The molecule has 0 aliphatic carbocycles. The summed E-state index contributed by atoms with van der Waals surface area (Å²) < 4.78 is 34.0. The van der Waals surface area contributed by atoms with Crippen LogP contribution >= 0.6 is 11.3 Å². The highest BCUT2D eigenvalue weighted by atomic mass is 32.1. The molecule has 0 saturated carbocycles. The van der Waals surface area contributed by atoms with Gasteiger partial charge in [0.25, 0.3) is 0 Å². The number of ether oxygens (including phenoxy) is 1. The van der Waals surface area contributed by atoms with Crippen LogP contribution in [0.2, 0.25) is 0 Å². The summed E-state index contributed by atoms with van der Waals surface area (Å²) >= 11 is 1.46. The van der Waals surface area contributed by atoms with Crippen molar-refractivity contribution in [1.82, 2.24) is 9.88 Å². The van der Waals surface area contributed by atoms with Crippen LogP contribution in [0, 0.1) is 6.92 Å². The summed E-state index contributed by atoms with van der Waals surface area (Å²) in [6.07, 6.45) is -0.0979. The van der Waals surface area contributed by atoms with Gasteiger partial charge in [-0.3, -0.25) is 0 Å². The number of benzene rings is 1. The van der Waals surface area contributed by atoms with E-state index < -0.39 is 12.1 Å². The Labute approximate surface area is 136 Å². The van der Waals surface area contributed by atoms with Gasteiger partial charge in [-0.2, -0.15) is 8.78 Å². The number of carbonyl (C=O) groups is 1. The van der Waals surface area contributed by atoms with E-state index in [1.165, 1.54) is 17.4 Å². The highest BCUT2D eigenvalue weighted by molar-refractivity contribution is 7.09. The number of nitrogens with zero attached hydrogens (tertiary/aromatic N) is 2. The number of halogens is 2. The molecule has 0 radical (unpaired) electrons. The van der Waals surface area contributed by atoms with Crippen molar-refractivity contribution >= 4 is 17.4 Å². The smallest absolute Gasteiger partial charge is 0.414 e. The second-order valence-electron chi connectivity index (χ2n) is 5.33. The van der Waals surface area contributed by atoms with Crippen molar-refractivity contribution in [1.29, 1.82) is 0 Å². The van der Waals surface area contributed by atoms with E-state index in [1.807, 2.05) is 6.92 Å². The van der Waals surface area contributed by atoms with Crippen molar-refractivity contribution in [3.63, 3.8) is 0 Å². The average Bonchev–Trinajstić information content (AvgIpc) is 2.92. The molecule has 1 aliphatic rings. The number of hydrogen-bond donors (Lipinski definition) is 0. The highest BCUT2D eigenvalue weighted by Gasteiger charge is 2.47. The molecule has 0 saturated heterocycles. The topological polar surface area (TPSA) is 42.4 Å². The molecule has 2 aromatic rings. The highest BCUT2D eigenvalue weighted by Crippen LogP contribution is 2.38. The molecule has 23 heavy (non-hydrogen) atoms. The summed E-state index contributed by atoms with van der Waals surface area (Å²) in [5, 5.41) is 0. The fraction of sp³-hybridized carbons (Fsp3) is 0.375. The molecular weight excluding hydrogens is 322 g/mol. The molecule has 1 aromatic carbocycles. The second-order valence-corrected chi connectivity index (χ2v) is 6.26. The number of aryl methyl sites for hydroxylation is 1. The molecule has 3 rings (SSSR count). The summed E-state index contributed by atoms with van der Waals surface area (Å²) in [6.45, 7) is 1.88. The second kappa shape index (κ2) is 6.23. The lowest BCUT2D eigenvalue weighted by Crippen LogP contribution is -2.48. The monoisotopic (exact) mass is 338 g/mol. The maximum Gasteiger partial charge on any atom is 0.414 e. The predicted octanol–water partition coefficient (Wildman–Crippen LogP) is 3.74. The van der Waals surface area contributed by atoms with E-state index in [4.69, 9.17) is 4.74 Å². The Hall–Kier alpha value is -2.02. The summed E-state index contributed by atoms with van der Waals surface area (Å²) in [4.78, 5) is 17.7. The van der Waals surface area contributed by atoms with Crippen molar-refractivity contribution in [2.75, 3.05) is 13.2 Å². The van der Waals surface area contributed by atoms with Crippen LogP contribution in [-0.4, -0.2) is 29.1 Å². The summed E-state index contributed by atoms with van der Waals surface area (Å²) in [6, 6.07) is 2.95. The van der Waals surface area contributed by atoms with Gasteiger partial charge >= 0.3 is 12.1 Å². The number of thiazole rings is 1. The van der Waals surface area contributed by atoms with Crippen molar-refractivity contribution in [3.8, 4) is 0 Å². The molecule has 7 heteroatoms. The first-order chi connectivity index (χ1) is 11.0. The van der Waals surface area contributed by atoms with Gasteiger partial charge in [-0.25, -0.2) is 14.7 Å². The predicted molar refractivity (Wildman–Crippen MR) is 82.6 cm³/mol. The zero-order valence-electron chi connectivity index (χ0n) is 12.6. The van der Waals surface area contributed by atoms with Gasteiger partial charge in [0.15, 0.2) is 0 Å². The Morgan fingerprint density at radius 2 is 2.22 bits per heavy atom. The molecule has 4 nitrogen and oxygen atoms in total. The van der Waals surface area contributed by atoms with Crippen LogP contribution in [0.5, 0.6) is 0 Å². The third-order valence-corrected chi connectivity index (χ3v) is 4.90. The van der Waals surface area contributed by atoms with Gasteiger partial charge in [0, 0.05) is 23.4 Å². The first-order valence-electron chi connectivity index (χ1n) is 7.29. The molecule has 122 valence electrons. The van der Waals surface area contributed by atoms with Crippen molar-refractivity contribution < 1.29 is 18.3 Å². The van der Waals surface area contributed by atoms with Gasteiger partial charge in [0.2, 0.25) is 0 Å². The van der Waals surface area contributed by atoms with Crippen LogP contribution in [-0.2, 0) is 23.6 Å². The van der Waals surface area contributed by atoms with E-state index >= 15 is 0 Å². The molecular formula is C16H16F2N2O2S. The van der Waals surface area contributed by atoms with Gasteiger partial charge in [0.05, 0.1) is 17.8 Å². The third kappa shape index (κ3) is 3.06. The first-order valence-corrected chi connectivity index (χ1v) is 8.17. The maximum absolute atomic E-state index is 14.5. The van der Waals surface area contributed by atoms with E-state index in [9.17, 15) is 13.6 Å². The van der Waals surface area contributed by atoms with Crippen LogP contribution in [0.25, 0.3) is 0 Å². The van der Waals surface area contributed by atoms with E-state index in [0.717, 1.165) is 10.6 Å². The summed E-state index contributed by atoms with van der Waals surface area (Å²) in [5.74, 6) is 0. The number of fused-ring (bicyclic) bond motifs is 1. The van der Waals surface area contributed by atoms with E-state index in [1.54, 1.807) is 23.7 Å². The standard InChI is InChI=1S/C16H16F2N2O2S/c1-11-14(23-10-19-11)7-9-22-15(21)20-8-6-12-4-2-3-5-13(12)16(20,17)18/h2-5,10H,6-9H2,1H3. The minimum atomic E-state index is -3.34. The van der Waals surface area contributed by atoms with E-state index in [-0.39, 0.29) is 18.7 Å². The Balaban J connectivity index is 1.65. The molecule has 1 amide bonds. The fourth-order valence-corrected chi connectivity index (χ4v) is 3.39. The Morgan fingerprint density at radius 1 is 1.43 bits per heavy atom. The van der Waals surface area contributed by atoms with Gasteiger partial charge < -0.3 is 4.74 Å². The SMILES string of the molecule is Cc1ncsc1CCOC(=O)N1CCc2ccccc2C1(F)F. The molecule has 0 N–H and O–H groups in total. The van der Waals surface area contributed by atoms with Gasteiger partial charge in [-0.15, -0.1) is 11.3 Å². The van der Waals surface area contributed by atoms with Crippen LogP contribution in [0.4, 0.5) is 13.6 Å². The Kier molecular flexibility index (Phi) is 4.30. The molecule has 2 heterocycles. The quantitative estimate of drug-likeness (QED) is 0.801. The molecule has 0 spiro atoms. The van der Waals surface area contributed by atoms with E-state index in [2.05, 4.69) is 4.98 Å². The summed E-state index contributed by atoms with van der Waals surface area (Å²) in [7, 11) is 0. The lowest BCUT2D eigenvalue weighted by molar-refractivity contribution is -0.145. The van der Waals surface area contributed by atoms with Gasteiger partial charge in [-0.05, 0) is 18.9 Å². The zero-order chi connectivity index (χ0) is 16.4. The minimum absolute atomic E-state index is 0.0531. The van der Waals surface area contributed by atoms with E-state index in [0.29, 0.717) is 23.3 Å². The maximum atomic E-state index is 14.5. The summed E-state index contributed by atoms with van der Waals surface area (Å²) in [5.41, 5.74) is 3.04. The fourth-order valence-electron chi connectivity index (χ4n) is 2.63. The molecule has 0 atom stereocenters. The molecule has 0 bridgehead atoms. The van der Waals surface area contributed by atoms with Gasteiger partial charge in [0.1, 0.15) is 0 Å². The number of hydrogen-bond acceptors (Lipinski definition) is 4. The number of rotatable bonds is 3. The molecule has 1 aliphatic heterocycles. The number of alkyl halides is 2. The van der Waals surface area contributed by atoms with Gasteiger partial charge in [-0.1, -0.05) is 24.3 Å². The lowest BCUT2D eigenvalue weighted by atomic mass is 9.98. The largest absolute Gasteiger partial charge is 0.449 e. The first kappa shape index (κ1) is 15.9. The third-order valence-electron chi connectivity index (χ3n) is 3.91. The Bertz CT molecular complexity index is 718.